The van der Waals surface area contributed by atoms with E-state index in [4.69, 9.17) is 23.7 Å². The van der Waals surface area contributed by atoms with Crippen LogP contribution in [0.15, 0.2) is 12.7 Å². The highest BCUT2D eigenvalue weighted by atomic mass is 16.7. The van der Waals surface area contributed by atoms with Crippen LogP contribution in [-0.2, 0) is 38.1 Å². The average molecular weight is 443 g/mol. The average Bonchev–Trinajstić information content (AvgIpc) is 2.60. The molecule has 0 aromatic heterocycles. The van der Waals surface area contributed by atoms with Crippen LogP contribution in [0.1, 0.15) is 62.3 Å². The number of esters is 3. The topological polar surface area (TPSA) is 97.4 Å². The van der Waals surface area contributed by atoms with Crippen molar-refractivity contribution in [3.8, 4) is 0 Å². The third kappa shape index (κ3) is 7.92. The lowest BCUT2D eigenvalue weighted by Gasteiger charge is -2.42. The Bertz CT molecular complexity index is 663. The highest BCUT2D eigenvalue weighted by molar-refractivity contribution is 5.77. The fourth-order valence-corrected chi connectivity index (χ4v) is 2.33. The smallest absolute Gasteiger partial charge is 0.311 e. The van der Waals surface area contributed by atoms with Gasteiger partial charge >= 0.3 is 17.9 Å². The fourth-order valence-electron chi connectivity index (χ4n) is 2.33. The Morgan fingerprint density at radius 3 is 1.65 bits per heavy atom. The van der Waals surface area contributed by atoms with Crippen LogP contribution in [-0.4, -0.2) is 55.7 Å². The second-order valence-electron chi connectivity index (χ2n) is 10.8. The molecule has 1 saturated heterocycles. The summed E-state index contributed by atoms with van der Waals surface area (Å²) >= 11 is 0. The summed E-state index contributed by atoms with van der Waals surface area (Å²) in [5, 5.41) is 0. The van der Waals surface area contributed by atoms with E-state index in [1.54, 1.807) is 62.3 Å². The second kappa shape index (κ2) is 10.1. The maximum absolute atomic E-state index is 12.7. The van der Waals surface area contributed by atoms with Gasteiger partial charge in [-0.05, 0) is 62.3 Å². The molecule has 0 aromatic carbocycles. The van der Waals surface area contributed by atoms with Gasteiger partial charge in [-0.1, -0.05) is 6.08 Å². The van der Waals surface area contributed by atoms with Crippen molar-refractivity contribution >= 4 is 17.9 Å². The Kier molecular flexibility index (Phi) is 8.85. The lowest BCUT2D eigenvalue weighted by atomic mass is 9.95. The van der Waals surface area contributed by atoms with Crippen LogP contribution in [0.5, 0.6) is 0 Å². The minimum absolute atomic E-state index is 0.0880. The molecule has 0 unspecified atom stereocenters. The van der Waals surface area contributed by atoms with Crippen molar-refractivity contribution in [1.82, 2.24) is 0 Å². The lowest BCUT2D eigenvalue weighted by molar-refractivity contribution is -0.283. The van der Waals surface area contributed by atoms with Crippen molar-refractivity contribution in [3.05, 3.63) is 12.7 Å². The van der Waals surface area contributed by atoms with E-state index in [1.165, 1.54) is 6.08 Å². The normalized spacial score (nSPS) is 24.8. The van der Waals surface area contributed by atoms with Crippen molar-refractivity contribution in [2.45, 2.75) is 86.9 Å². The van der Waals surface area contributed by atoms with E-state index in [2.05, 4.69) is 6.58 Å². The zero-order chi connectivity index (χ0) is 24.2. The molecule has 0 spiro atoms. The largest absolute Gasteiger partial charge is 0.455 e. The first-order valence-corrected chi connectivity index (χ1v) is 10.5. The third-order valence-corrected chi connectivity index (χ3v) is 4.34. The van der Waals surface area contributed by atoms with Gasteiger partial charge in [-0.2, -0.15) is 0 Å². The Balaban J connectivity index is 3.32. The summed E-state index contributed by atoms with van der Waals surface area (Å²) in [7, 11) is 0. The molecular weight excluding hydrogens is 404 g/mol. The molecule has 0 N–H and O–H groups in total. The molecule has 1 fully saturated rings. The minimum Gasteiger partial charge on any atom is -0.455 e. The van der Waals surface area contributed by atoms with Gasteiger partial charge in [0.05, 0.1) is 29.5 Å². The van der Waals surface area contributed by atoms with Gasteiger partial charge in [-0.3, -0.25) is 14.4 Å². The van der Waals surface area contributed by atoms with Crippen molar-refractivity contribution < 1.29 is 38.1 Å². The first-order valence-electron chi connectivity index (χ1n) is 10.5. The molecule has 178 valence electrons. The summed E-state index contributed by atoms with van der Waals surface area (Å²) in [5.74, 6) is -1.56. The van der Waals surface area contributed by atoms with Crippen LogP contribution in [0.25, 0.3) is 0 Å². The number of carbonyl (C=O) groups is 3. The first kappa shape index (κ1) is 27.1. The van der Waals surface area contributed by atoms with E-state index in [9.17, 15) is 14.4 Å². The number of carbonyl (C=O) groups excluding carboxylic acids is 3. The first-order chi connectivity index (χ1) is 14.0. The van der Waals surface area contributed by atoms with Crippen molar-refractivity contribution in [2.24, 2.45) is 16.2 Å². The quantitative estimate of drug-likeness (QED) is 0.351. The van der Waals surface area contributed by atoms with E-state index < -0.39 is 58.8 Å². The molecule has 0 saturated carbocycles. The predicted octanol–water partition coefficient (Wildman–Crippen LogP) is 3.42. The number of ether oxygens (including phenoxy) is 5. The third-order valence-electron chi connectivity index (χ3n) is 4.34. The molecule has 31 heavy (non-hydrogen) atoms. The monoisotopic (exact) mass is 442 g/mol. The summed E-state index contributed by atoms with van der Waals surface area (Å²) in [6.45, 7) is 19.0. The summed E-state index contributed by atoms with van der Waals surface area (Å²) in [5.41, 5.74) is -2.43. The summed E-state index contributed by atoms with van der Waals surface area (Å²) in [6, 6.07) is 0. The maximum atomic E-state index is 12.7. The van der Waals surface area contributed by atoms with E-state index in [1.807, 2.05) is 0 Å². The second-order valence-corrected chi connectivity index (χ2v) is 10.8. The molecule has 0 bridgehead atoms. The van der Waals surface area contributed by atoms with Crippen molar-refractivity contribution in [3.63, 3.8) is 0 Å². The van der Waals surface area contributed by atoms with Crippen molar-refractivity contribution in [2.75, 3.05) is 13.2 Å². The molecule has 8 nitrogen and oxygen atoms in total. The SMILES string of the molecule is C=CCO[C@H]1OC[C@@H](OC(=O)C(C)(C)C)[C@H](OC(=O)C(C)(C)C)[C@H]1OC(=O)C(C)(C)C. The van der Waals surface area contributed by atoms with E-state index in [0.717, 1.165) is 0 Å². The van der Waals surface area contributed by atoms with Gasteiger partial charge in [-0.15, -0.1) is 6.58 Å². The maximum Gasteiger partial charge on any atom is 0.311 e. The van der Waals surface area contributed by atoms with E-state index in [0.29, 0.717) is 0 Å². The van der Waals surface area contributed by atoms with Gasteiger partial charge in [-0.25, -0.2) is 0 Å². The molecule has 0 aromatic rings. The Hall–Kier alpha value is -1.93. The van der Waals surface area contributed by atoms with Gasteiger partial charge in [0, 0.05) is 0 Å². The molecule has 0 radical (unpaired) electrons. The molecule has 1 rings (SSSR count). The Morgan fingerprint density at radius 2 is 1.23 bits per heavy atom. The summed E-state index contributed by atoms with van der Waals surface area (Å²) in [4.78, 5) is 37.9. The van der Waals surface area contributed by atoms with Crippen molar-refractivity contribution in [1.29, 1.82) is 0 Å². The van der Waals surface area contributed by atoms with Crippen LogP contribution in [0.3, 0.4) is 0 Å². The number of rotatable bonds is 6. The summed E-state index contributed by atoms with van der Waals surface area (Å²) in [6.07, 6.45) is -2.71. The molecule has 1 heterocycles. The van der Waals surface area contributed by atoms with Crippen LogP contribution in [0.4, 0.5) is 0 Å². The fraction of sp³-hybridized carbons (Fsp3) is 0.783. The van der Waals surface area contributed by atoms with Gasteiger partial charge in [0.15, 0.2) is 24.6 Å². The predicted molar refractivity (Wildman–Crippen MR) is 114 cm³/mol. The number of hydrogen-bond donors (Lipinski definition) is 0. The molecule has 1 aliphatic rings. The van der Waals surface area contributed by atoms with Gasteiger partial charge in [0.25, 0.3) is 0 Å². The highest BCUT2D eigenvalue weighted by Crippen LogP contribution is 2.31. The summed E-state index contributed by atoms with van der Waals surface area (Å²) < 4.78 is 28.4. The molecule has 8 heteroatoms. The van der Waals surface area contributed by atoms with Crippen LogP contribution in [0.2, 0.25) is 0 Å². The molecule has 0 amide bonds. The molecular formula is C23H38O8. The number of hydrogen-bond acceptors (Lipinski definition) is 8. The molecule has 1 aliphatic heterocycles. The zero-order valence-corrected chi connectivity index (χ0v) is 20.3. The molecule has 4 atom stereocenters. The highest BCUT2D eigenvalue weighted by Gasteiger charge is 2.50. The van der Waals surface area contributed by atoms with Crippen LogP contribution >= 0.6 is 0 Å². The lowest BCUT2D eigenvalue weighted by Crippen LogP contribution is -2.59. The minimum atomic E-state index is -1.13. The van der Waals surface area contributed by atoms with E-state index >= 15 is 0 Å². The Morgan fingerprint density at radius 1 is 0.806 bits per heavy atom. The zero-order valence-electron chi connectivity index (χ0n) is 20.3. The van der Waals surface area contributed by atoms with Gasteiger partial charge in [0.1, 0.15) is 0 Å². The standard InChI is InChI=1S/C23H38O8/c1-11-12-27-17-16(31-20(26)23(8,9)10)15(30-19(25)22(5,6)7)14(13-28-17)29-18(24)21(2,3)4/h11,14-17H,1,12-13H2,2-10H3/t14-,15+,16-,17+/m1/s1. The van der Waals surface area contributed by atoms with Gasteiger partial charge < -0.3 is 23.7 Å². The molecule has 0 aliphatic carbocycles. The van der Waals surface area contributed by atoms with Crippen LogP contribution < -0.4 is 0 Å². The van der Waals surface area contributed by atoms with E-state index in [-0.39, 0.29) is 13.2 Å². The Labute approximate surface area is 185 Å². The van der Waals surface area contributed by atoms with Crippen LogP contribution in [0, 0.1) is 16.2 Å². The van der Waals surface area contributed by atoms with Gasteiger partial charge in [0.2, 0.25) is 0 Å².